The predicted molar refractivity (Wildman–Crippen MR) is 119 cm³/mol. The van der Waals surface area contributed by atoms with Crippen LogP contribution in [0.25, 0.3) is 0 Å². The van der Waals surface area contributed by atoms with Crippen molar-refractivity contribution in [2.75, 3.05) is 6.54 Å². The number of esters is 1. The summed E-state index contributed by atoms with van der Waals surface area (Å²) in [6.07, 6.45) is 3.24. The highest BCUT2D eigenvalue weighted by Crippen LogP contribution is 2.28. The maximum Gasteiger partial charge on any atom is 0.306 e. The fourth-order valence-electron chi connectivity index (χ4n) is 3.21. The summed E-state index contributed by atoms with van der Waals surface area (Å²) >= 11 is 0. The average Bonchev–Trinajstić information content (AvgIpc) is 2.76. The normalized spacial score (nSPS) is 12.5. The number of rotatable bonds is 11. The van der Waals surface area contributed by atoms with E-state index in [0.717, 1.165) is 22.3 Å². The average molecular weight is 412 g/mol. The van der Waals surface area contributed by atoms with Crippen LogP contribution < -0.4 is 11.6 Å². The van der Waals surface area contributed by atoms with Crippen LogP contribution >= 0.6 is 0 Å². The molecule has 5 N–H and O–H groups in total. The van der Waals surface area contributed by atoms with Crippen LogP contribution in [-0.2, 0) is 22.7 Å². The summed E-state index contributed by atoms with van der Waals surface area (Å²) in [5.41, 5.74) is 10.6. The molecule has 0 aliphatic heterocycles. The van der Waals surface area contributed by atoms with Gasteiger partial charge in [-0.25, -0.2) is 5.84 Å². The molecule has 0 saturated carbocycles. The first-order valence-electron chi connectivity index (χ1n) is 10.3. The smallest absolute Gasteiger partial charge is 0.306 e. The first kappa shape index (κ1) is 23.4. The van der Waals surface area contributed by atoms with Gasteiger partial charge in [0.2, 0.25) is 0 Å². The van der Waals surface area contributed by atoms with E-state index in [1.54, 1.807) is 6.20 Å². The lowest BCUT2D eigenvalue weighted by Crippen LogP contribution is -2.26. The first-order valence-corrected chi connectivity index (χ1v) is 10.3. The van der Waals surface area contributed by atoms with E-state index >= 15 is 0 Å². The number of carbonyl (C=O) groups is 1. The maximum absolute atomic E-state index is 12.5. The van der Waals surface area contributed by atoms with Gasteiger partial charge in [0.15, 0.2) is 0 Å². The highest BCUT2D eigenvalue weighted by molar-refractivity contribution is 5.70. The minimum absolute atomic E-state index is 0.0362. The second-order valence-electron chi connectivity index (χ2n) is 7.46. The largest absolute Gasteiger partial charge is 0.461 e. The molecule has 0 aliphatic rings. The Balaban J connectivity index is 2.09. The predicted octanol–water partition coefficient (Wildman–Crippen LogP) is 3.48. The third-order valence-electron chi connectivity index (χ3n) is 5.15. The number of aliphatic hydroxyl groups is 1. The minimum atomic E-state index is -0.258. The number of ether oxygens (including phenoxy) is 1. The van der Waals surface area contributed by atoms with Gasteiger partial charge in [0, 0.05) is 18.4 Å². The minimum Gasteiger partial charge on any atom is -0.461 e. The first-order chi connectivity index (χ1) is 14.4. The van der Waals surface area contributed by atoms with Gasteiger partial charge >= 0.3 is 5.97 Å². The summed E-state index contributed by atoms with van der Waals surface area (Å²) in [7, 11) is 0. The van der Waals surface area contributed by atoms with Crippen LogP contribution in [-0.4, -0.2) is 22.6 Å². The molecule has 0 bridgehead atoms. The van der Waals surface area contributed by atoms with Crippen LogP contribution in [0.5, 0.6) is 0 Å². The Morgan fingerprint density at radius 3 is 2.63 bits per heavy atom. The number of hydrogen-bond donors (Lipinski definition) is 3. The third-order valence-corrected chi connectivity index (χ3v) is 5.15. The van der Waals surface area contributed by atoms with Crippen LogP contribution in [0.4, 0.5) is 0 Å². The molecule has 0 radical (unpaired) electrons. The zero-order chi connectivity index (χ0) is 21.9. The molecule has 6 nitrogen and oxygen atoms in total. The molecule has 0 spiro atoms. The second kappa shape index (κ2) is 12.0. The lowest BCUT2D eigenvalue weighted by molar-refractivity contribution is -0.145. The van der Waals surface area contributed by atoms with E-state index in [9.17, 15) is 9.90 Å². The van der Waals surface area contributed by atoms with Crippen molar-refractivity contribution in [3.05, 3.63) is 82.7 Å². The summed E-state index contributed by atoms with van der Waals surface area (Å²) in [5.74, 6) is 5.47. The number of benzene rings is 2. The summed E-state index contributed by atoms with van der Waals surface area (Å²) in [6, 6.07) is 15.6. The molecule has 2 rings (SSSR count). The fourth-order valence-corrected chi connectivity index (χ4v) is 3.21. The molecule has 162 valence electrons. The molecule has 2 aromatic carbocycles. The van der Waals surface area contributed by atoms with Crippen molar-refractivity contribution in [1.29, 1.82) is 0 Å². The van der Waals surface area contributed by atoms with Gasteiger partial charge in [-0.1, -0.05) is 48.5 Å². The van der Waals surface area contributed by atoms with Crippen molar-refractivity contribution in [2.45, 2.75) is 52.2 Å². The topological polar surface area (TPSA) is 102 Å². The summed E-state index contributed by atoms with van der Waals surface area (Å²) in [5, 5.41) is 11.2. The number of hydrogen-bond acceptors (Lipinski definition) is 6. The van der Waals surface area contributed by atoms with Crippen LogP contribution in [0, 0.1) is 6.92 Å². The number of allylic oxidation sites excluding steroid dienone is 1. The van der Waals surface area contributed by atoms with Crippen molar-refractivity contribution < 1.29 is 14.6 Å². The Labute approximate surface area is 179 Å². The molecule has 6 heteroatoms. The monoisotopic (exact) mass is 411 g/mol. The van der Waals surface area contributed by atoms with Crippen LogP contribution in [0.3, 0.4) is 0 Å². The van der Waals surface area contributed by atoms with Gasteiger partial charge in [0.05, 0.1) is 13.0 Å². The number of aliphatic hydroxyl groups excluding tert-OH is 1. The van der Waals surface area contributed by atoms with Crippen molar-refractivity contribution in [1.82, 2.24) is 5.01 Å². The molecule has 0 aliphatic carbocycles. The number of carbonyl (C=O) groups excluding carboxylic acids is 1. The van der Waals surface area contributed by atoms with Gasteiger partial charge in [-0.15, -0.1) is 0 Å². The highest BCUT2D eigenvalue weighted by atomic mass is 16.5. The Morgan fingerprint density at radius 2 is 1.97 bits per heavy atom. The lowest BCUT2D eigenvalue weighted by atomic mass is 9.88. The number of hydrazine groups is 1. The van der Waals surface area contributed by atoms with Crippen molar-refractivity contribution in [3.8, 4) is 0 Å². The quantitative estimate of drug-likeness (QED) is 0.297. The molecule has 30 heavy (non-hydrogen) atoms. The van der Waals surface area contributed by atoms with E-state index in [-0.39, 0.29) is 31.5 Å². The molecule has 2 aromatic rings. The van der Waals surface area contributed by atoms with Gasteiger partial charge < -0.3 is 20.6 Å². The van der Waals surface area contributed by atoms with Gasteiger partial charge in [-0.2, -0.15) is 0 Å². The molecule has 0 amide bonds. The van der Waals surface area contributed by atoms with Gasteiger partial charge in [-0.3, -0.25) is 4.79 Å². The SMILES string of the molecule is CCN(N)/C=C(\N)CCC(CC(=O)OCc1ccccc1)c1ccc(C)c(CO)c1. The Kier molecular flexibility index (Phi) is 9.38. The van der Waals surface area contributed by atoms with E-state index in [4.69, 9.17) is 16.3 Å². The molecule has 0 saturated heterocycles. The lowest BCUT2D eigenvalue weighted by Gasteiger charge is -2.19. The number of nitrogens with two attached hydrogens (primary N) is 2. The molecule has 0 heterocycles. The van der Waals surface area contributed by atoms with Gasteiger partial charge in [-0.05, 0) is 54.9 Å². The van der Waals surface area contributed by atoms with Crippen molar-refractivity contribution >= 4 is 5.97 Å². The molecule has 1 atom stereocenters. The van der Waals surface area contributed by atoms with Crippen LogP contribution in [0.1, 0.15) is 54.4 Å². The fraction of sp³-hybridized carbons (Fsp3) is 0.375. The molecule has 0 fully saturated rings. The van der Waals surface area contributed by atoms with Gasteiger partial charge in [0.1, 0.15) is 6.61 Å². The van der Waals surface area contributed by atoms with E-state index in [1.807, 2.05) is 62.4 Å². The Hall–Kier alpha value is -2.83. The maximum atomic E-state index is 12.5. The highest BCUT2D eigenvalue weighted by Gasteiger charge is 2.19. The number of nitrogens with zero attached hydrogens (tertiary/aromatic N) is 1. The van der Waals surface area contributed by atoms with E-state index in [0.29, 0.717) is 25.1 Å². The number of aryl methyl sites for hydroxylation is 1. The molecule has 0 aromatic heterocycles. The zero-order valence-electron chi connectivity index (χ0n) is 17.9. The molecular weight excluding hydrogens is 378 g/mol. The molecular formula is C24H33N3O3. The van der Waals surface area contributed by atoms with E-state index in [1.165, 1.54) is 5.01 Å². The molecule has 1 unspecified atom stereocenters. The third kappa shape index (κ3) is 7.54. The Morgan fingerprint density at radius 1 is 1.23 bits per heavy atom. The summed E-state index contributed by atoms with van der Waals surface area (Å²) in [4.78, 5) is 12.5. The van der Waals surface area contributed by atoms with Crippen molar-refractivity contribution in [3.63, 3.8) is 0 Å². The standard InChI is InChI=1S/C24H33N3O3/c1-3-27(26)15-23(25)12-11-21(20-10-9-18(2)22(13-20)16-28)14-24(29)30-17-19-7-5-4-6-8-19/h4-10,13,15,21,28H,3,11-12,14,16-17,25-26H2,1-2H3/b23-15-. The summed E-state index contributed by atoms with van der Waals surface area (Å²) in [6.45, 7) is 4.78. The zero-order valence-corrected chi connectivity index (χ0v) is 17.9. The second-order valence-corrected chi connectivity index (χ2v) is 7.46. The van der Waals surface area contributed by atoms with E-state index < -0.39 is 0 Å². The summed E-state index contributed by atoms with van der Waals surface area (Å²) < 4.78 is 5.49. The van der Waals surface area contributed by atoms with Crippen molar-refractivity contribution in [2.24, 2.45) is 11.6 Å². The van der Waals surface area contributed by atoms with Crippen LogP contribution in [0.15, 0.2) is 60.4 Å². The Bertz CT molecular complexity index is 837. The van der Waals surface area contributed by atoms with Crippen LogP contribution in [0.2, 0.25) is 0 Å². The van der Waals surface area contributed by atoms with E-state index in [2.05, 4.69) is 0 Å². The van der Waals surface area contributed by atoms with Gasteiger partial charge in [0.25, 0.3) is 0 Å².